The van der Waals surface area contributed by atoms with Crippen LogP contribution in [0.5, 0.6) is 0 Å². The first-order valence-electron chi connectivity index (χ1n) is 9.06. The lowest BCUT2D eigenvalue weighted by atomic mass is 9.80. The molecule has 0 aromatic heterocycles. The number of hydrogen-bond acceptors (Lipinski definition) is 2. The molecule has 0 aromatic rings. The van der Waals surface area contributed by atoms with E-state index in [9.17, 15) is 8.78 Å². The second-order valence-corrected chi connectivity index (χ2v) is 6.90. The van der Waals surface area contributed by atoms with E-state index in [0.717, 1.165) is 63.7 Å². The van der Waals surface area contributed by atoms with Crippen LogP contribution < -0.4 is 0 Å². The van der Waals surface area contributed by atoms with Crippen molar-refractivity contribution >= 4 is 0 Å². The van der Waals surface area contributed by atoms with Crippen molar-refractivity contribution in [3.63, 3.8) is 0 Å². The molecule has 2 fully saturated rings. The number of ether oxygens (including phenoxy) is 2. The Morgan fingerprint density at radius 2 is 1.61 bits per heavy atom. The predicted molar refractivity (Wildman–Crippen MR) is 88.2 cm³/mol. The maximum atomic E-state index is 12.2. The molecule has 4 heteroatoms. The number of halogens is 2. The van der Waals surface area contributed by atoms with Crippen LogP contribution in [0.25, 0.3) is 0 Å². The highest BCUT2D eigenvalue weighted by molar-refractivity contribution is 4.90. The molecule has 0 N–H and O–H groups in total. The first kappa shape index (κ1) is 18.6. The molecule has 1 saturated carbocycles. The van der Waals surface area contributed by atoms with Gasteiger partial charge in [-0.15, -0.1) is 0 Å². The SMILES string of the molecule is C/C=C/C1COC(CCCCC2CCC(C=C(F)F)CC2)OC1. The maximum absolute atomic E-state index is 12.2. The zero-order valence-electron chi connectivity index (χ0n) is 14.2. The van der Waals surface area contributed by atoms with Crippen LogP contribution in [-0.4, -0.2) is 19.5 Å². The van der Waals surface area contributed by atoms with E-state index in [2.05, 4.69) is 6.08 Å². The lowest BCUT2D eigenvalue weighted by Crippen LogP contribution is -2.31. The molecule has 23 heavy (non-hydrogen) atoms. The third-order valence-electron chi connectivity index (χ3n) is 5.01. The molecule has 1 saturated heterocycles. The average molecular weight is 328 g/mol. The lowest BCUT2D eigenvalue weighted by Gasteiger charge is -2.28. The molecule has 2 rings (SSSR count). The zero-order valence-corrected chi connectivity index (χ0v) is 14.2. The van der Waals surface area contributed by atoms with Gasteiger partial charge in [-0.2, -0.15) is 8.78 Å². The summed E-state index contributed by atoms with van der Waals surface area (Å²) < 4.78 is 36.0. The van der Waals surface area contributed by atoms with Gasteiger partial charge in [-0.3, -0.25) is 0 Å². The average Bonchev–Trinajstić information content (AvgIpc) is 2.54. The van der Waals surface area contributed by atoms with Crippen LogP contribution in [0.3, 0.4) is 0 Å². The highest BCUT2D eigenvalue weighted by Gasteiger charge is 2.22. The fourth-order valence-electron chi connectivity index (χ4n) is 3.67. The van der Waals surface area contributed by atoms with E-state index in [4.69, 9.17) is 9.47 Å². The summed E-state index contributed by atoms with van der Waals surface area (Å²) in [6.07, 6.45) is 12.3. The van der Waals surface area contributed by atoms with Crippen molar-refractivity contribution in [1.82, 2.24) is 0 Å². The number of allylic oxidation sites excluding steroid dienone is 2. The highest BCUT2D eigenvalue weighted by atomic mass is 19.3. The molecule has 0 aromatic carbocycles. The van der Waals surface area contributed by atoms with E-state index in [1.54, 1.807) is 0 Å². The Hall–Kier alpha value is -0.740. The summed E-state index contributed by atoms with van der Waals surface area (Å²) in [6, 6.07) is 0. The minimum atomic E-state index is -1.52. The Morgan fingerprint density at radius 1 is 0.957 bits per heavy atom. The molecule has 0 unspecified atom stereocenters. The monoisotopic (exact) mass is 328 g/mol. The van der Waals surface area contributed by atoms with Gasteiger partial charge in [0, 0.05) is 5.92 Å². The Bertz CT molecular complexity index is 375. The van der Waals surface area contributed by atoms with Crippen LogP contribution in [0.2, 0.25) is 0 Å². The van der Waals surface area contributed by atoms with Gasteiger partial charge in [0.1, 0.15) is 0 Å². The molecule has 0 atom stereocenters. The molecule has 1 aliphatic heterocycles. The number of hydrogen-bond donors (Lipinski definition) is 0. The molecule has 2 nitrogen and oxygen atoms in total. The molecule has 2 aliphatic rings. The van der Waals surface area contributed by atoms with Gasteiger partial charge in [-0.05, 0) is 63.4 Å². The van der Waals surface area contributed by atoms with Gasteiger partial charge in [0.25, 0.3) is 6.08 Å². The molecule has 0 spiro atoms. The second-order valence-electron chi connectivity index (χ2n) is 6.90. The zero-order chi connectivity index (χ0) is 16.5. The van der Waals surface area contributed by atoms with E-state index in [0.29, 0.717) is 5.92 Å². The summed E-state index contributed by atoms with van der Waals surface area (Å²) in [5, 5.41) is 0. The van der Waals surface area contributed by atoms with E-state index < -0.39 is 6.08 Å². The Labute approximate surface area is 138 Å². The standard InChI is InChI=1S/C19H30F2O2/c1-2-5-17-13-22-19(23-14-17)7-4-3-6-15-8-10-16(11-9-15)12-18(20)21/h2,5,12,15-17,19H,3-4,6-11,13-14H2,1H3/b5-2+. The number of rotatable bonds is 7. The molecule has 132 valence electrons. The molecular weight excluding hydrogens is 298 g/mol. The first-order valence-corrected chi connectivity index (χ1v) is 9.06. The first-order chi connectivity index (χ1) is 11.2. The number of unbranched alkanes of at least 4 members (excludes halogenated alkanes) is 1. The minimum absolute atomic E-state index is 0.0371. The van der Waals surface area contributed by atoms with Crippen molar-refractivity contribution in [2.45, 2.75) is 64.6 Å². The Balaban J connectivity index is 1.51. The maximum Gasteiger partial charge on any atom is 0.266 e. The van der Waals surface area contributed by atoms with Crippen molar-refractivity contribution in [2.24, 2.45) is 17.8 Å². The van der Waals surface area contributed by atoms with Gasteiger partial charge in [-0.25, -0.2) is 0 Å². The van der Waals surface area contributed by atoms with Gasteiger partial charge in [0.15, 0.2) is 6.29 Å². The van der Waals surface area contributed by atoms with Gasteiger partial charge in [0.05, 0.1) is 13.2 Å². The van der Waals surface area contributed by atoms with E-state index in [1.165, 1.54) is 12.8 Å². The summed E-state index contributed by atoms with van der Waals surface area (Å²) in [7, 11) is 0. The molecular formula is C19H30F2O2. The lowest BCUT2D eigenvalue weighted by molar-refractivity contribution is -0.196. The van der Waals surface area contributed by atoms with Gasteiger partial charge < -0.3 is 9.47 Å². The second kappa shape index (κ2) is 10.2. The van der Waals surface area contributed by atoms with Crippen LogP contribution in [0.1, 0.15) is 58.3 Å². The smallest absolute Gasteiger partial charge is 0.266 e. The fourth-order valence-corrected chi connectivity index (χ4v) is 3.67. The van der Waals surface area contributed by atoms with E-state index in [1.807, 2.05) is 13.0 Å². The third-order valence-corrected chi connectivity index (χ3v) is 5.01. The normalized spacial score (nSPS) is 32.1. The topological polar surface area (TPSA) is 18.5 Å². The van der Waals surface area contributed by atoms with Crippen molar-refractivity contribution in [3.05, 3.63) is 24.3 Å². The predicted octanol–water partition coefficient (Wildman–Crippen LogP) is 5.70. The van der Waals surface area contributed by atoms with Crippen molar-refractivity contribution < 1.29 is 18.3 Å². The largest absolute Gasteiger partial charge is 0.352 e. The van der Waals surface area contributed by atoms with Gasteiger partial charge in [-0.1, -0.05) is 25.0 Å². The highest BCUT2D eigenvalue weighted by Crippen LogP contribution is 2.33. The van der Waals surface area contributed by atoms with Gasteiger partial charge in [0.2, 0.25) is 0 Å². The Kier molecular flexibility index (Phi) is 8.24. The Morgan fingerprint density at radius 3 is 2.22 bits per heavy atom. The van der Waals surface area contributed by atoms with Crippen molar-refractivity contribution in [3.8, 4) is 0 Å². The van der Waals surface area contributed by atoms with Crippen molar-refractivity contribution in [2.75, 3.05) is 13.2 Å². The van der Waals surface area contributed by atoms with Crippen LogP contribution in [0, 0.1) is 17.8 Å². The van der Waals surface area contributed by atoms with Crippen LogP contribution in [0.15, 0.2) is 24.3 Å². The minimum Gasteiger partial charge on any atom is -0.352 e. The molecule has 0 radical (unpaired) electrons. The quantitative estimate of drug-likeness (QED) is 0.441. The summed E-state index contributed by atoms with van der Waals surface area (Å²) in [5.74, 6) is 1.22. The van der Waals surface area contributed by atoms with Crippen LogP contribution in [-0.2, 0) is 9.47 Å². The third kappa shape index (κ3) is 7.13. The van der Waals surface area contributed by atoms with Crippen LogP contribution in [0.4, 0.5) is 8.78 Å². The van der Waals surface area contributed by atoms with E-state index in [-0.39, 0.29) is 12.2 Å². The molecule has 0 bridgehead atoms. The van der Waals surface area contributed by atoms with Gasteiger partial charge >= 0.3 is 0 Å². The summed E-state index contributed by atoms with van der Waals surface area (Å²) in [5.41, 5.74) is 0. The van der Waals surface area contributed by atoms with Crippen molar-refractivity contribution in [1.29, 1.82) is 0 Å². The summed E-state index contributed by atoms with van der Waals surface area (Å²) >= 11 is 0. The molecule has 0 amide bonds. The summed E-state index contributed by atoms with van der Waals surface area (Å²) in [4.78, 5) is 0. The summed E-state index contributed by atoms with van der Waals surface area (Å²) in [6.45, 7) is 3.54. The van der Waals surface area contributed by atoms with Crippen LogP contribution >= 0.6 is 0 Å². The fraction of sp³-hybridized carbons (Fsp3) is 0.789. The molecule has 1 heterocycles. The van der Waals surface area contributed by atoms with E-state index >= 15 is 0 Å². The molecule has 1 aliphatic carbocycles.